The Hall–Kier alpha value is -2.68. The molecule has 0 bridgehead atoms. The van der Waals surface area contributed by atoms with Gasteiger partial charge in [-0.3, -0.25) is 15.0 Å². The number of carbonyl (C=O) groups excluding carboxylic acids is 1. The second-order valence-electron chi connectivity index (χ2n) is 6.36. The first kappa shape index (κ1) is 18.1. The van der Waals surface area contributed by atoms with Gasteiger partial charge in [0.2, 0.25) is 0 Å². The molecule has 2 aromatic rings. The molecule has 0 spiro atoms. The number of nitro groups is 1. The summed E-state index contributed by atoms with van der Waals surface area (Å²) >= 11 is 1.61. The van der Waals surface area contributed by atoms with E-state index in [1.165, 1.54) is 17.0 Å². The number of aromatic nitrogens is 1. The normalized spacial score (nSPS) is 15.2. The van der Waals surface area contributed by atoms with Crippen molar-refractivity contribution in [2.75, 3.05) is 23.4 Å². The average molecular weight is 376 g/mol. The van der Waals surface area contributed by atoms with E-state index < -0.39 is 11.0 Å². The summed E-state index contributed by atoms with van der Waals surface area (Å²) in [6.45, 7) is 6.77. The van der Waals surface area contributed by atoms with E-state index in [4.69, 9.17) is 4.74 Å². The second kappa shape index (κ2) is 7.28. The monoisotopic (exact) mass is 376 g/mol. The van der Waals surface area contributed by atoms with E-state index in [1.807, 2.05) is 12.3 Å². The van der Waals surface area contributed by atoms with E-state index in [0.29, 0.717) is 23.8 Å². The maximum absolute atomic E-state index is 11.9. The SMILES string of the molecule is CC(C)c1nc(C(C)Nc2ccc([N+](=O)[O-])cc2N2CCOC2=O)cs1. The minimum atomic E-state index is -0.503. The van der Waals surface area contributed by atoms with Gasteiger partial charge in [0.25, 0.3) is 5.69 Å². The molecule has 0 radical (unpaired) electrons. The molecule has 1 amide bonds. The number of hydrogen-bond acceptors (Lipinski definition) is 7. The lowest BCUT2D eigenvalue weighted by Crippen LogP contribution is -2.25. The Labute approximate surface area is 154 Å². The maximum Gasteiger partial charge on any atom is 0.414 e. The predicted molar refractivity (Wildman–Crippen MR) is 100 cm³/mol. The minimum absolute atomic E-state index is 0.0753. The quantitative estimate of drug-likeness (QED) is 0.596. The van der Waals surface area contributed by atoms with E-state index in [-0.39, 0.29) is 18.3 Å². The number of thiazole rings is 1. The summed E-state index contributed by atoms with van der Waals surface area (Å²) in [7, 11) is 0. The smallest absolute Gasteiger partial charge is 0.414 e. The molecule has 9 heteroatoms. The number of hydrogen-bond donors (Lipinski definition) is 1. The lowest BCUT2D eigenvalue weighted by Gasteiger charge is -2.21. The standard InChI is InChI=1S/C17H20N4O4S/c1-10(2)16-19-14(9-26-16)11(3)18-13-5-4-12(21(23)24)8-15(13)20-6-7-25-17(20)22/h4-5,8-11,18H,6-7H2,1-3H3. The van der Waals surface area contributed by atoms with E-state index in [0.717, 1.165) is 10.7 Å². The largest absolute Gasteiger partial charge is 0.447 e. The molecule has 138 valence electrons. The Morgan fingerprint density at radius 1 is 1.38 bits per heavy atom. The van der Waals surface area contributed by atoms with Crippen LogP contribution in [0, 0.1) is 10.1 Å². The van der Waals surface area contributed by atoms with Crippen LogP contribution in [0.3, 0.4) is 0 Å². The molecule has 26 heavy (non-hydrogen) atoms. The average Bonchev–Trinajstić information content (AvgIpc) is 3.24. The van der Waals surface area contributed by atoms with Crippen LogP contribution in [0.25, 0.3) is 0 Å². The van der Waals surface area contributed by atoms with E-state index in [1.54, 1.807) is 17.4 Å². The zero-order chi connectivity index (χ0) is 18.8. The number of anilines is 2. The summed E-state index contributed by atoms with van der Waals surface area (Å²) in [5.41, 5.74) is 1.88. The molecule has 1 aliphatic rings. The number of cyclic esters (lactones) is 1. The Morgan fingerprint density at radius 3 is 2.73 bits per heavy atom. The highest BCUT2D eigenvalue weighted by Crippen LogP contribution is 2.35. The van der Waals surface area contributed by atoms with Crippen LogP contribution < -0.4 is 10.2 Å². The highest BCUT2D eigenvalue weighted by atomic mass is 32.1. The van der Waals surface area contributed by atoms with Crippen LogP contribution in [-0.2, 0) is 4.74 Å². The van der Waals surface area contributed by atoms with Gasteiger partial charge in [0.1, 0.15) is 6.61 Å². The summed E-state index contributed by atoms with van der Waals surface area (Å²) < 4.78 is 4.97. The van der Waals surface area contributed by atoms with Crippen LogP contribution in [0.1, 0.15) is 43.4 Å². The molecule has 1 N–H and O–H groups in total. The zero-order valence-electron chi connectivity index (χ0n) is 14.8. The number of nitrogens with one attached hydrogen (secondary N) is 1. The van der Waals surface area contributed by atoms with Crippen LogP contribution in [0.15, 0.2) is 23.6 Å². The lowest BCUT2D eigenvalue weighted by atomic mass is 10.1. The third-order valence-electron chi connectivity index (χ3n) is 4.09. The van der Waals surface area contributed by atoms with Gasteiger partial charge in [0, 0.05) is 23.4 Å². The number of nitro benzene ring substituents is 1. The van der Waals surface area contributed by atoms with Crippen molar-refractivity contribution in [3.8, 4) is 0 Å². The summed E-state index contributed by atoms with van der Waals surface area (Å²) in [6.07, 6.45) is -0.503. The van der Waals surface area contributed by atoms with Crippen LogP contribution >= 0.6 is 11.3 Å². The predicted octanol–water partition coefficient (Wildman–Crippen LogP) is 4.30. The highest BCUT2D eigenvalue weighted by Gasteiger charge is 2.28. The van der Waals surface area contributed by atoms with E-state index in [9.17, 15) is 14.9 Å². The van der Waals surface area contributed by atoms with Crippen molar-refractivity contribution in [3.05, 3.63) is 44.4 Å². The van der Waals surface area contributed by atoms with Crippen molar-refractivity contribution in [2.45, 2.75) is 32.7 Å². The molecule has 0 saturated carbocycles. The number of ether oxygens (including phenoxy) is 1. The summed E-state index contributed by atoms with van der Waals surface area (Å²) in [4.78, 5) is 28.6. The van der Waals surface area contributed by atoms with Crippen LogP contribution in [0.5, 0.6) is 0 Å². The molecule has 1 unspecified atom stereocenters. The highest BCUT2D eigenvalue weighted by molar-refractivity contribution is 7.09. The van der Waals surface area contributed by atoms with Crippen molar-refractivity contribution in [1.29, 1.82) is 0 Å². The molecule has 8 nitrogen and oxygen atoms in total. The van der Waals surface area contributed by atoms with E-state index >= 15 is 0 Å². The number of carbonyl (C=O) groups is 1. The van der Waals surface area contributed by atoms with Crippen molar-refractivity contribution in [2.24, 2.45) is 0 Å². The Balaban J connectivity index is 1.90. The third kappa shape index (κ3) is 3.62. The van der Waals surface area contributed by atoms with E-state index in [2.05, 4.69) is 24.1 Å². The van der Waals surface area contributed by atoms with Crippen LogP contribution in [0.4, 0.5) is 21.9 Å². The van der Waals surface area contributed by atoms with Gasteiger partial charge in [-0.25, -0.2) is 9.78 Å². The fourth-order valence-electron chi connectivity index (χ4n) is 2.66. The van der Waals surface area contributed by atoms with Crippen molar-refractivity contribution in [1.82, 2.24) is 4.98 Å². The third-order valence-corrected chi connectivity index (χ3v) is 5.26. The van der Waals surface area contributed by atoms with Gasteiger partial charge in [-0.15, -0.1) is 11.3 Å². The first-order valence-corrected chi connectivity index (χ1v) is 9.19. The molecule has 3 rings (SSSR count). The number of amides is 1. The van der Waals surface area contributed by atoms with Crippen LogP contribution in [0.2, 0.25) is 0 Å². The molecule has 0 aliphatic carbocycles. The maximum atomic E-state index is 11.9. The van der Waals surface area contributed by atoms with Crippen molar-refractivity contribution in [3.63, 3.8) is 0 Å². The molecular formula is C17H20N4O4S. The van der Waals surface area contributed by atoms with Gasteiger partial charge in [0.15, 0.2) is 0 Å². The molecule has 1 aliphatic heterocycles. The van der Waals surface area contributed by atoms with Crippen LogP contribution in [-0.4, -0.2) is 29.2 Å². The Morgan fingerprint density at radius 2 is 2.15 bits per heavy atom. The fraction of sp³-hybridized carbons (Fsp3) is 0.412. The number of rotatable bonds is 6. The zero-order valence-corrected chi connectivity index (χ0v) is 15.6. The Kier molecular flexibility index (Phi) is 5.08. The molecule has 1 saturated heterocycles. The van der Waals surface area contributed by atoms with Gasteiger partial charge in [-0.05, 0) is 13.0 Å². The van der Waals surface area contributed by atoms with Gasteiger partial charge in [0.05, 0.1) is 39.6 Å². The first-order valence-electron chi connectivity index (χ1n) is 8.31. The van der Waals surface area contributed by atoms with Gasteiger partial charge in [-0.2, -0.15) is 0 Å². The summed E-state index contributed by atoms with van der Waals surface area (Å²) in [5.74, 6) is 0.357. The topological polar surface area (TPSA) is 97.6 Å². The van der Waals surface area contributed by atoms with Gasteiger partial charge < -0.3 is 10.1 Å². The molecular weight excluding hydrogens is 356 g/mol. The molecule has 1 aromatic heterocycles. The van der Waals surface area contributed by atoms with Gasteiger partial charge >= 0.3 is 6.09 Å². The number of benzene rings is 1. The Bertz CT molecular complexity index is 836. The molecule has 1 aromatic carbocycles. The second-order valence-corrected chi connectivity index (χ2v) is 7.25. The molecule has 1 atom stereocenters. The number of nitrogens with zero attached hydrogens (tertiary/aromatic N) is 3. The lowest BCUT2D eigenvalue weighted by molar-refractivity contribution is -0.384. The molecule has 1 fully saturated rings. The van der Waals surface area contributed by atoms with Crippen molar-refractivity contribution >= 4 is 34.5 Å². The summed E-state index contributed by atoms with van der Waals surface area (Å²) in [6, 6.07) is 4.31. The van der Waals surface area contributed by atoms with Crippen molar-refractivity contribution < 1.29 is 14.5 Å². The fourth-order valence-corrected chi connectivity index (χ4v) is 3.59. The summed E-state index contributed by atoms with van der Waals surface area (Å²) in [5, 5.41) is 17.5. The van der Waals surface area contributed by atoms with Gasteiger partial charge in [-0.1, -0.05) is 13.8 Å². The molecule has 2 heterocycles. The number of non-ortho nitro benzene ring substituents is 1. The minimum Gasteiger partial charge on any atom is -0.447 e. The first-order chi connectivity index (χ1) is 12.4.